The highest BCUT2D eigenvalue weighted by atomic mass is 35.5. The van der Waals surface area contributed by atoms with E-state index in [1.807, 2.05) is 61.7 Å². The van der Waals surface area contributed by atoms with Crippen molar-refractivity contribution in [2.24, 2.45) is 4.99 Å². The first-order valence-corrected chi connectivity index (χ1v) is 8.26. The Hall–Kier alpha value is -2.20. The molecule has 0 saturated heterocycles. The van der Waals surface area contributed by atoms with Gasteiger partial charge in [-0.1, -0.05) is 11.6 Å². The number of ether oxygens (including phenoxy) is 1. The zero-order chi connectivity index (χ0) is 17.7. The smallest absolute Gasteiger partial charge is 0.119 e. The molecule has 0 heterocycles. The van der Waals surface area contributed by atoms with Crippen LogP contribution in [0.5, 0.6) is 5.75 Å². The van der Waals surface area contributed by atoms with Crippen LogP contribution in [-0.2, 0) is 0 Å². The third-order valence-corrected chi connectivity index (χ3v) is 4.25. The second-order valence-electron chi connectivity index (χ2n) is 5.64. The average Bonchev–Trinajstić information content (AvgIpc) is 2.61. The van der Waals surface area contributed by atoms with E-state index in [0.29, 0.717) is 5.02 Å². The molecule has 5 heteroatoms. The van der Waals surface area contributed by atoms with E-state index in [-0.39, 0.29) is 0 Å². The molecule has 24 heavy (non-hydrogen) atoms. The van der Waals surface area contributed by atoms with Gasteiger partial charge in [-0.2, -0.15) is 0 Å². The van der Waals surface area contributed by atoms with Crippen molar-refractivity contribution < 1.29 is 4.74 Å². The summed E-state index contributed by atoms with van der Waals surface area (Å²) >= 11 is 6.32. The summed E-state index contributed by atoms with van der Waals surface area (Å²) in [5.41, 5.74) is 4.04. The number of rotatable bonds is 6. The molecule has 0 bridgehead atoms. The molecule has 128 valence electrons. The van der Waals surface area contributed by atoms with Crippen LogP contribution in [0.3, 0.4) is 0 Å². The number of aliphatic imine (C=N–C) groups is 1. The van der Waals surface area contributed by atoms with Crippen LogP contribution in [0.2, 0.25) is 5.02 Å². The van der Waals surface area contributed by atoms with E-state index >= 15 is 0 Å². The van der Waals surface area contributed by atoms with Gasteiger partial charge in [0.05, 0.1) is 19.1 Å². The first kappa shape index (κ1) is 18.1. The Morgan fingerprint density at radius 2 is 1.83 bits per heavy atom. The van der Waals surface area contributed by atoms with Gasteiger partial charge in [0.25, 0.3) is 0 Å². The maximum Gasteiger partial charge on any atom is 0.119 e. The van der Waals surface area contributed by atoms with Gasteiger partial charge in [-0.05, 0) is 55.8 Å². The third-order valence-electron chi connectivity index (χ3n) is 4.03. The lowest BCUT2D eigenvalue weighted by Crippen LogP contribution is -2.14. The quantitative estimate of drug-likeness (QED) is 0.542. The van der Waals surface area contributed by atoms with Crippen molar-refractivity contribution in [3.8, 4) is 5.75 Å². The monoisotopic (exact) mass is 345 g/mol. The summed E-state index contributed by atoms with van der Waals surface area (Å²) in [4.78, 5) is 8.69. The van der Waals surface area contributed by atoms with Crippen molar-refractivity contribution >= 4 is 35.0 Å². The van der Waals surface area contributed by atoms with Crippen LogP contribution >= 0.6 is 11.6 Å². The number of benzene rings is 2. The molecule has 0 fully saturated rings. The minimum absolute atomic E-state index is 0.669. The van der Waals surface area contributed by atoms with Crippen LogP contribution in [0.1, 0.15) is 12.5 Å². The second kappa shape index (κ2) is 8.06. The minimum Gasteiger partial charge on any atom is -0.497 e. The molecule has 0 aliphatic carbocycles. The summed E-state index contributed by atoms with van der Waals surface area (Å²) in [5.74, 6) is 0.836. The van der Waals surface area contributed by atoms with Crippen molar-refractivity contribution in [2.45, 2.75) is 13.8 Å². The average molecular weight is 346 g/mol. The van der Waals surface area contributed by atoms with Crippen LogP contribution < -0.4 is 9.64 Å². The second-order valence-corrected chi connectivity index (χ2v) is 6.08. The molecule has 0 N–H and O–H groups in total. The predicted molar refractivity (Wildman–Crippen MR) is 104 cm³/mol. The van der Waals surface area contributed by atoms with E-state index < -0.39 is 0 Å². The predicted octanol–water partition coefficient (Wildman–Crippen LogP) is 5.04. The van der Waals surface area contributed by atoms with Gasteiger partial charge < -0.3 is 14.5 Å². The van der Waals surface area contributed by atoms with Gasteiger partial charge in [-0.15, -0.1) is 0 Å². The zero-order valence-corrected chi connectivity index (χ0v) is 15.6. The maximum absolute atomic E-state index is 6.32. The van der Waals surface area contributed by atoms with Crippen molar-refractivity contribution in [3.63, 3.8) is 0 Å². The molecular formula is C19H24ClN3O. The summed E-state index contributed by atoms with van der Waals surface area (Å²) in [6.07, 6.45) is 1.83. The van der Waals surface area contributed by atoms with E-state index in [0.717, 1.165) is 34.9 Å². The fourth-order valence-electron chi connectivity index (χ4n) is 2.32. The standard InChI is InChI=1S/C19H24ClN3O/c1-6-22(3)13-21-18-11-15(20)12-19(14(18)2)23(4)16-7-9-17(24-5)10-8-16/h7-13H,6H2,1-5H3/b21-13-. The summed E-state index contributed by atoms with van der Waals surface area (Å²) < 4.78 is 5.22. The summed E-state index contributed by atoms with van der Waals surface area (Å²) in [7, 11) is 5.68. The van der Waals surface area contributed by atoms with E-state index in [1.54, 1.807) is 7.11 Å². The molecule has 4 nitrogen and oxygen atoms in total. The Bertz CT molecular complexity index is 713. The molecule has 0 amide bonds. The Morgan fingerprint density at radius 3 is 2.42 bits per heavy atom. The lowest BCUT2D eigenvalue weighted by Gasteiger charge is -2.23. The van der Waals surface area contributed by atoms with E-state index in [2.05, 4.69) is 23.7 Å². The molecule has 0 atom stereocenters. The number of hydrogen-bond donors (Lipinski definition) is 0. The molecule has 2 aromatic carbocycles. The van der Waals surface area contributed by atoms with Crippen molar-refractivity contribution in [3.05, 3.63) is 47.0 Å². The Morgan fingerprint density at radius 1 is 1.17 bits per heavy atom. The number of hydrogen-bond acceptors (Lipinski definition) is 3. The van der Waals surface area contributed by atoms with E-state index in [9.17, 15) is 0 Å². The first-order chi connectivity index (χ1) is 11.5. The SMILES string of the molecule is CCN(C)/C=N\c1cc(Cl)cc(N(C)c2ccc(OC)cc2)c1C. The van der Waals surface area contributed by atoms with Crippen molar-refractivity contribution in [2.75, 3.05) is 32.6 Å². The van der Waals surface area contributed by atoms with E-state index in [4.69, 9.17) is 16.3 Å². The number of methoxy groups -OCH3 is 1. The molecule has 0 spiro atoms. The minimum atomic E-state index is 0.669. The molecule has 2 rings (SSSR count). The highest BCUT2D eigenvalue weighted by Crippen LogP contribution is 2.36. The fraction of sp³-hybridized carbons (Fsp3) is 0.316. The van der Waals surface area contributed by atoms with E-state index in [1.165, 1.54) is 0 Å². The molecule has 0 aliphatic rings. The van der Waals surface area contributed by atoms with Crippen LogP contribution in [-0.4, -0.2) is 39.0 Å². The van der Waals surface area contributed by atoms with Crippen LogP contribution in [0.15, 0.2) is 41.4 Å². The van der Waals surface area contributed by atoms with Crippen LogP contribution in [0.25, 0.3) is 0 Å². The summed E-state index contributed by atoms with van der Waals surface area (Å²) in [6.45, 7) is 5.05. The molecule has 0 radical (unpaired) electrons. The first-order valence-electron chi connectivity index (χ1n) is 7.88. The molecule has 0 unspecified atom stereocenters. The largest absolute Gasteiger partial charge is 0.497 e. The van der Waals surface area contributed by atoms with Gasteiger partial charge in [0.2, 0.25) is 0 Å². The molecule has 0 aromatic heterocycles. The molecule has 0 aliphatic heterocycles. The molecule has 0 saturated carbocycles. The van der Waals surface area contributed by atoms with Crippen molar-refractivity contribution in [1.82, 2.24) is 4.90 Å². The highest BCUT2D eigenvalue weighted by Gasteiger charge is 2.12. The zero-order valence-electron chi connectivity index (χ0n) is 14.9. The maximum atomic E-state index is 6.32. The Balaban J connectivity index is 2.38. The number of nitrogens with zero attached hydrogens (tertiary/aromatic N) is 3. The van der Waals surface area contributed by atoms with Gasteiger partial charge in [0.15, 0.2) is 0 Å². The number of halogens is 1. The lowest BCUT2D eigenvalue weighted by atomic mass is 10.1. The number of anilines is 2. The topological polar surface area (TPSA) is 28.1 Å². The third kappa shape index (κ3) is 4.20. The molecular weight excluding hydrogens is 322 g/mol. The highest BCUT2D eigenvalue weighted by molar-refractivity contribution is 6.31. The van der Waals surface area contributed by atoms with Crippen molar-refractivity contribution in [1.29, 1.82) is 0 Å². The Kier molecular flexibility index (Phi) is 6.10. The normalized spacial score (nSPS) is 10.9. The lowest BCUT2D eigenvalue weighted by molar-refractivity contribution is 0.415. The Labute approximate surface area is 149 Å². The van der Waals surface area contributed by atoms with Gasteiger partial charge in [-0.25, -0.2) is 4.99 Å². The van der Waals surface area contributed by atoms with Crippen LogP contribution in [0.4, 0.5) is 17.1 Å². The molecule has 2 aromatic rings. The van der Waals surface area contributed by atoms with Crippen LogP contribution in [0, 0.1) is 6.92 Å². The van der Waals surface area contributed by atoms with Gasteiger partial charge in [0.1, 0.15) is 5.75 Å². The van der Waals surface area contributed by atoms with Gasteiger partial charge in [0, 0.05) is 37.0 Å². The summed E-state index contributed by atoms with van der Waals surface area (Å²) in [5, 5.41) is 0.669. The van der Waals surface area contributed by atoms with Gasteiger partial charge >= 0.3 is 0 Å². The summed E-state index contributed by atoms with van der Waals surface area (Å²) in [6, 6.07) is 11.8. The van der Waals surface area contributed by atoms with Gasteiger partial charge in [-0.3, -0.25) is 0 Å². The fourth-order valence-corrected chi connectivity index (χ4v) is 2.53.